The Labute approximate surface area is 105 Å². The van der Waals surface area contributed by atoms with Crippen molar-refractivity contribution in [3.05, 3.63) is 34.2 Å². The second-order valence-corrected chi connectivity index (χ2v) is 3.99. The van der Waals surface area contributed by atoms with Crippen molar-refractivity contribution in [2.75, 3.05) is 19.8 Å². The van der Waals surface area contributed by atoms with Crippen LogP contribution in [0.2, 0.25) is 0 Å². The molecule has 1 aliphatic heterocycles. The summed E-state index contributed by atoms with van der Waals surface area (Å²) in [5.41, 5.74) is 9.35. The fourth-order valence-electron chi connectivity index (χ4n) is 1.86. The van der Waals surface area contributed by atoms with Crippen LogP contribution in [0, 0.1) is 0 Å². The van der Waals surface area contributed by atoms with Crippen LogP contribution in [0.25, 0.3) is 10.4 Å². The molecule has 0 saturated heterocycles. The summed E-state index contributed by atoms with van der Waals surface area (Å²) in [5.74, 6) is 1.38. The maximum atomic E-state index is 8.97. The van der Waals surface area contributed by atoms with Crippen LogP contribution in [-0.4, -0.2) is 24.9 Å². The number of ether oxygens (including phenoxy) is 2. The van der Waals surface area contributed by atoms with Gasteiger partial charge in [0.15, 0.2) is 11.5 Å². The van der Waals surface area contributed by atoms with Crippen molar-refractivity contribution >= 4 is 0 Å². The summed E-state index contributed by atoms with van der Waals surface area (Å²) >= 11 is 0. The van der Waals surface area contributed by atoms with Crippen LogP contribution in [0.5, 0.6) is 11.5 Å². The van der Waals surface area contributed by atoms with E-state index in [1.807, 2.05) is 18.2 Å². The van der Waals surface area contributed by atoms with Crippen molar-refractivity contribution in [3.8, 4) is 11.5 Å². The number of rotatable bonds is 4. The van der Waals surface area contributed by atoms with Crippen molar-refractivity contribution < 1.29 is 14.6 Å². The minimum absolute atomic E-state index is 0.0296. The molecule has 18 heavy (non-hydrogen) atoms. The summed E-state index contributed by atoms with van der Waals surface area (Å²) in [7, 11) is 0. The first-order valence-electron chi connectivity index (χ1n) is 5.89. The van der Waals surface area contributed by atoms with E-state index in [-0.39, 0.29) is 12.6 Å². The van der Waals surface area contributed by atoms with Crippen LogP contribution < -0.4 is 9.47 Å². The third-order valence-electron chi connectivity index (χ3n) is 2.75. The maximum absolute atomic E-state index is 8.97. The van der Waals surface area contributed by atoms with E-state index in [1.54, 1.807) is 0 Å². The van der Waals surface area contributed by atoms with Gasteiger partial charge in [-0.25, -0.2) is 0 Å². The van der Waals surface area contributed by atoms with Crippen LogP contribution in [0.3, 0.4) is 0 Å². The molecule has 96 valence electrons. The lowest BCUT2D eigenvalue weighted by molar-refractivity contribution is 0.276. The average Bonchev–Trinajstić information content (AvgIpc) is 2.62. The Balaban J connectivity index is 2.28. The molecule has 1 heterocycles. The summed E-state index contributed by atoms with van der Waals surface area (Å²) in [6, 6.07) is 5.09. The number of nitrogens with zero attached hydrogens (tertiary/aromatic N) is 3. The molecular weight excluding hydrogens is 234 g/mol. The van der Waals surface area contributed by atoms with Gasteiger partial charge in [-0.15, -0.1) is 0 Å². The highest BCUT2D eigenvalue weighted by molar-refractivity contribution is 5.44. The Kier molecular flexibility index (Phi) is 4.28. The van der Waals surface area contributed by atoms with Gasteiger partial charge in [-0.05, 0) is 29.6 Å². The van der Waals surface area contributed by atoms with Gasteiger partial charge < -0.3 is 14.6 Å². The van der Waals surface area contributed by atoms with Crippen molar-refractivity contribution in [3.63, 3.8) is 0 Å². The number of hydrogen-bond acceptors (Lipinski definition) is 4. The van der Waals surface area contributed by atoms with Gasteiger partial charge >= 0.3 is 0 Å². The third kappa shape index (κ3) is 2.85. The molecule has 0 aromatic heterocycles. The lowest BCUT2D eigenvalue weighted by Crippen LogP contribution is -1.99. The number of benzene rings is 1. The Hall–Kier alpha value is -1.91. The highest BCUT2D eigenvalue weighted by atomic mass is 16.5. The Morgan fingerprint density at radius 3 is 2.83 bits per heavy atom. The molecule has 0 amide bonds. The Bertz CT molecular complexity index is 458. The maximum Gasteiger partial charge on any atom is 0.161 e. The molecule has 0 bridgehead atoms. The topological polar surface area (TPSA) is 87.5 Å². The third-order valence-corrected chi connectivity index (χ3v) is 2.75. The van der Waals surface area contributed by atoms with Gasteiger partial charge in [0.05, 0.1) is 19.3 Å². The molecule has 0 fully saturated rings. The first kappa shape index (κ1) is 12.5. The highest BCUT2D eigenvalue weighted by Gasteiger charge is 2.15. The highest BCUT2D eigenvalue weighted by Crippen LogP contribution is 2.34. The summed E-state index contributed by atoms with van der Waals surface area (Å²) in [6.45, 7) is 1.23. The van der Waals surface area contributed by atoms with Gasteiger partial charge in [0, 0.05) is 17.9 Å². The van der Waals surface area contributed by atoms with Crippen LogP contribution >= 0.6 is 0 Å². The zero-order valence-corrected chi connectivity index (χ0v) is 9.95. The van der Waals surface area contributed by atoms with Crippen LogP contribution in [-0.2, 0) is 0 Å². The minimum Gasteiger partial charge on any atom is -0.490 e. The predicted molar refractivity (Wildman–Crippen MR) is 65.6 cm³/mol. The minimum atomic E-state index is -0.378. The van der Waals surface area contributed by atoms with Crippen LogP contribution in [0.15, 0.2) is 23.3 Å². The van der Waals surface area contributed by atoms with Gasteiger partial charge in [-0.2, -0.15) is 0 Å². The number of fused-ring (bicyclic) bond motifs is 1. The van der Waals surface area contributed by atoms with Crippen molar-refractivity contribution in [1.82, 2.24) is 0 Å². The van der Waals surface area contributed by atoms with E-state index in [0.717, 1.165) is 12.0 Å². The first-order chi connectivity index (χ1) is 8.85. The number of azide groups is 1. The molecule has 6 heteroatoms. The van der Waals surface area contributed by atoms with Crippen LogP contribution in [0.1, 0.15) is 24.4 Å². The number of aliphatic hydroxyl groups is 1. The molecule has 1 N–H and O–H groups in total. The molecule has 6 nitrogen and oxygen atoms in total. The molecule has 0 aliphatic carbocycles. The van der Waals surface area contributed by atoms with Gasteiger partial charge in [0.2, 0.25) is 0 Å². The Morgan fingerprint density at radius 1 is 1.33 bits per heavy atom. The normalized spacial score (nSPS) is 15.4. The SMILES string of the molecule is [N-]=[N+]=NC(CCO)c1ccc2c(c1)OCCCO2. The second kappa shape index (κ2) is 6.14. The largest absolute Gasteiger partial charge is 0.490 e. The Morgan fingerprint density at radius 2 is 2.11 bits per heavy atom. The van der Waals surface area contributed by atoms with Gasteiger partial charge in [-0.3, -0.25) is 0 Å². The van der Waals surface area contributed by atoms with Crippen molar-refractivity contribution in [2.45, 2.75) is 18.9 Å². The summed E-state index contributed by atoms with van der Waals surface area (Å²) in [5, 5.41) is 12.6. The summed E-state index contributed by atoms with van der Waals surface area (Å²) in [4.78, 5) is 2.80. The summed E-state index contributed by atoms with van der Waals surface area (Å²) < 4.78 is 11.1. The van der Waals surface area contributed by atoms with Crippen molar-refractivity contribution in [2.24, 2.45) is 5.11 Å². The van der Waals surface area contributed by atoms with E-state index in [0.29, 0.717) is 31.1 Å². The van der Waals surface area contributed by atoms with E-state index in [4.69, 9.17) is 20.1 Å². The molecule has 0 spiro atoms. The van der Waals surface area contributed by atoms with Gasteiger partial charge in [0.25, 0.3) is 0 Å². The number of aliphatic hydroxyl groups excluding tert-OH is 1. The molecule has 2 rings (SSSR count). The molecule has 1 aromatic rings. The molecule has 1 atom stereocenters. The van der Waals surface area contributed by atoms with Crippen LogP contribution in [0.4, 0.5) is 0 Å². The van der Waals surface area contributed by atoms with Gasteiger partial charge in [0.1, 0.15) is 0 Å². The van der Waals surface area contributed by atoms with E-state index < -0.39 is 0 Å². The lowest BCUT2D eigenvalue weighted by Gasteiger charge is -2.13. The van der Waals surface area contributed by atoms with Gasteiger partial charge in [-0.1, -0.05) is 11.2 Å². The fraction of sp³-hybridized carbons (Fsp3) is 0.500. The zero-order valence-electron chi connectivity index (χ0n) is 9.95. The molecular formula is C12H15N3O3. The smallest absolute Gasteiger partial charge is 0.161 e. The molecule has 0 saturated carbocycles. The monoisotopic (exact) mass is 249 g/mol. The molecule has 1 aliphatic rings. The lowest BCUT2D eigenvalue weighted by atomic mass is 10.0. The fourth-order valence-corrected chi connectivity index (χ4v) is 1.86. The summed E-state index contributed by atoms with van der Waals surface area (Å²) in [6.07, 6.45) is 1.24. The number of hydrogen-bond donors (Lipinski definition) is 1. The molecule has 1 unspecified atom stereocenters. The zero-order chi connectivity index (χ0) is 12.8. The van der Waals surface area contributed by atoms with E-state index in [1.165, 1.54) is 0 Å². The van der Waals surface area contributed by atoms with E-state index in [9.17, 15) is 0 Å². The average molecular weight is 249 g/mol. The van der Waals surface area contributed by atoms with E-state index >= 15 is 0 Å². The quantitative estimate of drug-likeness (QED) is 0.505. The second-order valence-electron chi connectivity index (χ2n) is 3.99. The predicted octanol–water partition coefficient (Wildman–Crippen LogP) is 2.58. The van der Waals surface area contributed by atoms with E-state index in [2.05, 4.69) is 10.0 Å². The first-order valence-corrected chi connectivity index (χ1v) is 5.89. The standard InChI is InChI=1S/C12H15N3O3/c13-15-14-10(4-5-16)9-2-3-11-12(8-9)18-7-1-6-17-11/h2-3,8,10,16H,1,4-7H2. The van der Waals surface area contributed by atoms with Crippen molar-refractivity contribution in [1.29, 1.82) is 0 Å². The molecule has 1 aromatic carbocycles. The molecule has 0 radical (unpaired) electrons.